The molecule has 3 aromatic rings. The SMILES string of the molecule is CCCCCCCCCCCCCCCc1c(N)cc(N)c(OC)c1C1C(C(=O)OCC)=C(C)NC(Cn2c(=S)[nH]c3cc(C)ccc32)=C1C(=O)OCC. The first-order valence-electron chi connectivity index (χ1n) is 20.1. The topological polar surface area (TPSA) is 147 Å². The van der Waals surface area contributed by atoms with Crippen molar-refractivity contribution in [2.24, 2.45) is 0 Å². The summed E-state index contributed by atoms with van der Waals surface area (Å²) >= 11 is 5.79. The third-order valence-corrected chi connectivity index (χ3v) is 10.7. The number of carbonyl (C=O) groups excluding carboxylic acids is 2. The molecule has 10 nitrogen and oxygen atoms in total. The second-order valence-corrected chi connectivity index (χ2v) is 14.8. The van der Waals surface area contributed by atoms with Crippen LogP contribution in [0.5, 0.6) is 5.75 Å². The van der Waals surface area contributed by atoms with Crippen LogP contribution in [0.15, 0.2) is 46.8 Å². The summed E-state index contributed by atoms with van der Waals surface area (Å²) in [6, 6.07) is 7.77. The fraction of sp³-hybridized carbons (Fsp3) is 0.558. The van der Waals surface area contributed by atoms with Crippen LogP contribution in [0.4, 0.5) is 11.4 Å². The predicted octanol–water partition coefficient (Wildman–Crippen LogP) is 9.86. The van der Waals surface area contributed by atoms with Crippen LogP contribution in [-0.2, 0) is 32.0 Å². The van der Waals surface area contributed by atoms with Gasteiger partial charge in [-0.2, -0.15) is 0 Å². The van der Waals surface area contributed by atoms with E-state index in [-0.39, 0.29) is 30.9 Å². The molecule has 1 unspecified atom stereocenters. The number of esters is 2. The van der Waals surface area contributed by atoms with Crippen molar-refractivity contribution in [3.05, 3.63) is 68.3 Å². The van der Waals surface area contributed by atoms with Crippen LogP contribution in [0.3, 0.4) is 0 Å². The number of anilines is 2. The number of nitrogens with one attached hydrogen (secondary N) is 2. The Morgan fingerprint density at radius 1 is 0.796 bits per heavy atom. The molecule has 0 radical (unpaired) electrons. The van der Waals surface area contributed by atoms with Gasteiger partial charge >= 0.3 is 11.9 Å². The Bertz CT molecular complexity index is 1870. The largest absolute Gasteiger partial charge is 0.494 e. The summed E-state index contributed by atoms with van der Waals surface area (Å²) in [5, 5.41) is 3.39. The Kier molecular flexibility index (Phi) is 16.5. The molecule has 11 heteroatoms. The Balaban J connectivity index is 1.71. The van der Waals surface area contributed by atoms with Crippen molar-refractivity contribution >= 4 is 46.6 Å². The highest BCUT2D eigenvalue weighted by Gasteiger charge is 2.42. The lowest BCUT2D eigenvalue weighted by Crippen LogP contribution is -2.35. The summed E-state index contributed by atoms with van der Waals surface area (Å²) < 4.78 is 19.8. The van der Waals surface area contributed by atoms with E-state index in [9.17, 15) is 9.59 Å². The Morgan fingerprint density at radius 3 is 1.94 bits per heavy atom. The first kappa shape index (κ1) is 42.5. The number of aryl methyl sites for hydroxylation is 1. The van der Waals surface area contributed by atoms with Crippen LogP contribution in [0.2, 0.25) is 0 Å². The number of rotatable bonds is 22. The third-order valence-electron chi connectivity index (χ3n) is 10.4. The van der Waals surface area contributed by atoms with Gasteiger partial charge in [0.1, 0.15) is 5.75 Å². The quantitative estimate of drug-likeness (QED) is 0.0340. The third kappa shape index (κ3) is 10.5. The number of nitrogens with zero attached hydrogens (tertiary/aromatic N) is 1. The van der Waals surface area contributed by atoms with E-state index in [2.05, 4.69) is 17.2 Å². The number of allylic oxidation sites excluding steroid dienone is 2. The average Bonchev–Trinajstić information content (AvgIpc) is 3.43. The molecule has 4 rings (SSSR count). The highest BCUT2D eigenvalue weighted by molar-refractivity contribution is 7.71. The second kappa shape index (κ2) is 21.0. The number of carbonyl (C=O) groups is 2. The van der Waals surface area contributed by atoms with E-state index in [0.29, 0.717) is 45.3 Å². The van der Waals surface area contributed by atoms with Crippen LogP contribution in [0.1, 0.15) is 134 Å². The molecule has 1 aromatic heterocycles. The zero-order valence-electron chi connectivity index (χ0n) is 33.5. The van der Waals surface area contributed by atoms with Crippen molar-refractivity contribution in [2.45, 2.75) is 137 Å². The highest BCUT2D eigenvalue weighted by Crippen LogP contribution is 2.48. The van der Waals surface area contributed by atoms with Crippen LogP contribution in [0.25, 0.3) is 11.0 Å². The molecule has 1 atom stereocenters. The van der Waals surface area contributed by atoms with E-state index in [4.69, 9.17) is 37.9 Å². The zero-order valence-corrected chi connectivity index (χ0v) is 34.3. The number of hydrogen-bond donors (Lipinski definition) is 4. The molecule has 0 aliphatic carbocycles. The highest BCUT2D eigenvalue weighted by atomic mass is 32.1. The van der Waals surface area contributed by atoms with Gasteiger partial charge in [0.05, 0.1) is 60.7 Å². The normalized spacial score (nSPS) is 14.4. The van der Waals surface area contributed by atoms with Gasteiger partial charge in [-0.05, 0) is 82.1 Å². The number of aromatic amines is 1. The molecule has 0 fully saturated rings. The van der Waals surface area contributed by atoms with E-state index < -0.39 is 17.9 Å². The number of benzene rings is 2. The molecule has 2 aromatic carbocycles. The molecule has 6 N–H and O–H groups in total. The number of fused-ring (bicyclic) bond motifs is 1. The van der Waals surface area contributed by atoms with Gasteiger partial charge in [0.15, 0.2) is 4.77 Å². The number of unbranched alkanes of at least 4 members (excludes halogenated alkanes) is 12. The minimum absolute atomic E-state index is 0.133. The summed E-state index contributed by atoms with van der Waals surface area (Å²) in [5.74, 6) is -1.70. The van der Waals surface area contributed by atoms with Crippen LogP contribution in [-0.4, -0.2) is 41.8 Å². The number of nitrogens with two attached hydrogens (primary N) is 2. The van der Waals surface area contributed by atoms with E-state index in [0.717, 1.165) is 41.4 Å². The fourth-order valence-electron chi connectivity index (χ4n) is 7.73. The monoisotopic (exact) mass is 761 g/mol. The van der Waals surface area contributed by atoms with Crippen molar-refractivity contribution in [1.29, 1.82) is 0 Å². The summed E-state index contributed by atoms with van der Waals surface area (Å²) in [6.45, 7) is 10.1. The molecule has 1 aliphatic rings. The number of imidazole rings is 1. The number of aromatic nitrogens is 2. The van der Waals surface area contributed by atoms with Crippen molar-refractivity contribution in [1.82, 2.24) is 14.9 Å². The van der Waals surface area contributed by atoms with Gasteiger partial charge in [-0.25, -0.2) is 9.59 Å². The van der Waals surface area contributed by atoms with Gasteiger partial charge < -0.3 is 40.5 Å². The van der Waals surface area contributed by atoms with E-state index in [1.54, 1.807) is 27.0 Å². The lowest BCUT2D eigenvalue weighted by atomic mass is 9.76. The number of H-pyrrole nitrogens is 1. The molecule has 1 aliphatic heterocycles. The maximum absolute atomic E-state index is 14.3. The fourth-order valence-corrected chi connectivity index (χ4v) is 8.00. The Morgan fingerprint density at radius 2 is 1.37 bits per heavy atom. The Labute approximate surface area is 327 Å². The van der Waals surface area contributed by atoms with Crippen LogP contribution < -0.4 is 21.5 Å². The van der Waals surface area contributed by atoms with Gasteiger partial charge in [0, 0.05) is 22.6 Å². The van der Waals surface area contributed by atoms with Crippen molar-refractivity contribution in [2.75, 3.05) is 31.8 Å². The first-order valence-corrected chi connectivity index (χ1v) is 20.5. The minimum atomic E-state index is -0.946. The van der Waals surface area contributed by atoms with Crippen LogP contribution >= 0.6 is 12.2 Å². The van der Waals surface area contributed by atoms with Crippen molar-refractivity contribution in [3.8, 4) is 5.75 Å². The lowest BCUT2D eigenvalue weighted by Gasteiger charge is -2.34. The van der Waals surface area contributed by atoms with Crippen molar-refractivity contribution in [3.63, 3.8) is 0 Å². The molecule has 2 heterocycles. The molecule has 0 amide bonds. The van der Waals surface area contributed by atoms with Gasteiger partial charge in [0.2, 0.25) is 0 Å². The number of nitrogen functional groups attached to an aromatic ring is 2. The number of dihydropyridines is 1. The maximum atomic E-state index is 14.3. The average molecular weight is 762 g/mol. The summed E-state index contributed by atoms with van der Waals surface area (Å²) in [6.07, 6.45) is 16.7. The number of hydrogen-bond acceptors (Lipinski definition) is 9. The minimum Gasteiger partial charge on any atom is -0.494 e. The van der Waals surface area contributed by atoms with Gasteiger partial charge in [-0.15, -0.1) is 0 Å². The smallest absolute Gasteiger partial charge is 0.336 e. The summed E-state index contributed by atoms with van der Waals surface area (Å²) in [5.41, 5.74) is 20.1. The number of methoxy groups -OCH3 is 1. The maximum Gasteiger partial charge on any atom is 0.336 e. The molecule has 0 spiro atoms. The molecule has 54 heavy (non-hydrogen) atoms. The van der Waals surface area contributed by atoms with Gasteiger partial charge in [0.25, 0.3) is 0 Å². The molecule has 0 bridgehead atoms. The first-order chi connectivity index (χ1) is 26.1. The van der Waals surface area contributed by atoms with Gasteiger partial charge in [-0.1, -0.05) is 90.0 Å². The van der Waals surface area contributed by atoms with Gasteiger partial charge in [-0.3, -0.25) is 0 Å². The molecule has 296 valence electrons. The van der Waals surface area contributed by atoms with E-state index in [1.807, 2.05) is 36.6 Å². The standard InChI is InChI=1S/C43H63N5O5S/c1-7-10-11-12-13-14-15-16-17-18-19-20-21-22-30-31(44)26-32(45)40(51-6)37(30)39-36(41(49)52-8-2)29(5)46-34(38(39)42(50)53-9-3)27-48-35-24-23-28(4)25-33(35)47-43(48)54/h23-26,39,46H,7-22,27,44-45H2,1-6H3,(H,47,54). The van der Waals surface area contributed by atoms with Crippen LogP contribution in [0, 0.1) is 11.7 Å². The Hall–Kier alpha value is -4.25. The second-order valence-electron chi connectivity index (χ2n) is 14.4. The van der Waals surface area contributed by atoms with E-state index >= 15 is 0 Å². The zero-order chi connectivity index (χ0) is 39.2. The molecule has 0 saturated carbocycles. The van der Waals surface area contributed by atoms with E-state index in [1.165, 1.54) is 64.2 Å². The summed E-state index contributed by atoms with van der Waals surface area (Å²) in [7, 11) is 1.55. The lowest BCUT2D eigenvalue weighted by molar-refractivity contribution is -0.139. The molecule has 0 saturated heterocycles. The predicted molar refractivity (Wildman–Crippen MR) is 222 cm³/mol. The van der Waals surface area contributed by atoms with Crippen molar-refractivity contribution < 1.29 is 23.8 Å². The molecular weight excluding hydrogens is 699 g/mol. The molecular formula is C43H63N5O5S. The summed E-state index contributed by atoms with van der Waals surface area (Å²) in [4.78, 5) is 31.5. The number of ether oxygens (including phenoxy) is 3.